The first-order chi connectivity index (χ1) is 13.8. The molecule has 0 bridgehead atoms. The fourth-order valence-corrected chi connectivity index (χ4v) is 3.27. The van der Waals surface area contributed by atoms with Crippen LogP contribution in [0.5, 0.6) is 0 Å². The van der Waals surface area contributed by atoms with Crippen molar-refractivity contribution in [2.24, 2.45) is 0 Å². The molecule has 1 heterocycles. The van der Waals surface area contributed by atoms with Gasteiger partial charge in [-0.2, -0.15) is 0 Å². The van der Waals surface area contributed by atoms with Gasteiger partial charge in [0, 0.05) is 10.6 Å². The van der Waals surface area contributed by atoms with Gasteiger partial charge < -0.3 is 14.7 Å². The number of rotatable bonds is 5. The molecule has 1 N–H and O–H groups in total. The molecule has 0 spiro atoms. The van der Waals surface area contributed by atoms with Gasteiger partial charge in [-0.25, -0.2) is 4.39 Å². The molecule has 1 atom stereocenters. The van der Waals surface area contributed by atoms with Crippen molar-refractivity contribution in [3.8, 4) is 0 Å². The van der Waals surface area contributed by atoms with Crippen LogP contribution < -0.4 is 0 Å². The average molecular weight is 418 g/mol. The lowest BCUT2D eigenvalue weighted by Crippen LogP contribution is -2.35. The maximum Gasteiger partial charge on any atom is 0.325 e. The monoisotopic (exact) mass is 417 g/mol. The SMILES string of the molecule is CCOC(=O)CN1C(=O)C(=O)C(=C(O)c2ccc(Cl)cc2)[C@@H]1c1ccc(F)cc1. The van der Waals surface area contributed by atoms with E-state index < -0.39 is 41.8 Å². The number of aliphatic hydroxyl groups excluding tert-OH is 1. The number of amides is 1. The predicted octanol–water partition coefficient (Wildman–Crippen LogP) is 3.46. The summed E-state index contributed by atoms with van der Waals surface area (Å²) in [5.41, 5.74) is 0.439. The van der Waals surface area contributed by atoms with Crippen LogP contribution in [0.2, 0.25) is 5.02 Å². The molecule has 0 aliphatic carbocycles. The van der Waals surface area contributed by atoms with E-state index in [1.54, 1.807) is 6.92 Å². The van der Waals surface area contributed by atoms with Gasteiger partial charge >= 0.3 is 5.97 Å². The number of aliphatic hydroxyl groups is 1. The van der Waals surface area contributed by atoms with Crippen molar-refractivity contribution in [1.29, 1.82) is 0 Å². The number of halogens is 2. The second kappa shape index (κ2) is 8.45. The first-order valence-electron chi connectivity index (χ1n) is 8.79. The van der Waals surface area contributed by atoms with Gasteiger partial charge in [0.25, 0.3) is 11.7 Å². The second-order valence-corrected chi connectivity index (χ2v) is 6.73. The molecular weight excluding hydrogens is 401 g/mol. The fourth-order valence-electron chi connectivity index (χ4n) is 3.14. The highest BCUT2D eigenvalue weighted by Gasteiger charge is 2.47. The molecule has 0 aromatic heterocycles. The van der Waals surface area contributed by atoms with E-state index in [9.17, 15) is 23.9 Å². The summed E-state index contributed by atoms with van der Waals surface area (Å²) in [7, 11) is 0. The summed E-state index contributed by atoms with van der Waals surface area (Å²) in [5, 5.41) is 11.2. The average Bonchev–Trinajstić information content (AvgIpc) is 2.94. The molecule has 0 saturated carbocycles. The van der Waals surface area contributed by atoms with E-state index in [0.29, 0.717) is 10.6 Å². The number of nitrogens with zero attached hydrogens (tertiary/aromatic N) is 1. The zero-order valence-corrected chi connectivity index (χ0v) is 16.1. The summed E-state index contributed by atoms with van der Waals surface area (Å²) in [4.78, 5) is 38.3. The van der Waals surface area contributed by atoms with Gasteiger partial charge in [0.05, 0.1) is 18.2 Å². The Morgan fingerprint density at radius 2 is 1.76 bits per heavy atom. The van der Waals surface area contributed by atoms with E-state index >= 15 is 0 Å². The molecule has 1 amide bonds. The van der Waals surface area contributed by atoms with Crippen molar-refractivity contribution in [2.45, 2.75) is 13.0 Å². The summed E-state index contributed by atoms with van der Waals surface area (Å²) in [6.07, 6.45) is 0. The highest BCUT2D eigenvalue weighted by molar-refractivity contribution is 6.46. The van der Waals surface area contributed by atoms with E-state index in [-0.39, 0.29) is 17.7 Å². The van der Waals surface area contributed by atoms with E-state index in [4.69, 9.17) is 16.3 Å². The molecule has 1 saturated heterocycles. The van der Waals surface area contributed by atoms with Crippen LogP contribution in [0.3, 0.4) is 0 Å². The smallest absolute Gasteiger partial charge is 0.325 e. The number of ether oxygens (including phenoxy) is 1. The van der Waals surface area contributed by atoms with E-state index in [0.717, 1.165) is 4.90 Å². The topological polar surface area (TPSA) is 83.9 Å². The highest BCUT2D eigenvalue weighted by Crippen LogP contribution is 2.39. The second-order valence-electron chi connectivity index (χ2n) is 6.29. The Balaban J connectivity index is 2.14. The lowest BCUT2D eigenvalue weighted by atomic mass is 9.95. The lowest BCUT2D eigenvalue weighted by molar-refractivity contribution is -0.149. The van der Waals surface area contributed by atoms with Gasteiger partial charge in [0.1, 0.15) is 18.1 Å². The molecule has 1 fully saturated rings. The number of carbonyl (C=O) groups is 3. The van der Waals surface area contributed by atoms with Gasteiger partial charge in [0.2, 0.25) is 0 Å². The standard InChI is InChI=1S/C21H17ClFNO5/c1-2-29-16(25)11-24-18(12-5-9-15(23)10-6-12)17(20(27)21(24)28)19(26)13-3-7-14(22)8-4-13/h3-10,18,26H,2,11H2,1H3/t18-/m0/s1. The Bertz CT molecular complexity index is 985. The van der Waals surface area contributed by atoms with Crippen LogP contribution in [0.15, 0.2) is 54.1 Å². The number of hydrogen-bond acceptors (Lipinski definition) is 5. The molecule has 150 valence electrons. The molecule has 0 radical (unpaired) electrons. The largest absolute Gasteiger partial charge is 0.507 e. The van der Waals surface area contributed by atoms with Crippen molar-refractivity contribution in [3.63, 3.8) is 0 Å². The van der Waals surface area contributed by atoms with Crippen LogP contribution in [-0.4, -0.2) is 40.8 Å². The first-order valence-corrected chi connectivity index (χ1v) is 9.16. The minimum absolute atomic E-state index is 0.106. The van der Waals surface area contributed by atoms with Gasteiger partial charge in [-0.05, 0) is 48.9 Å². The molecule has 6 nitrogen and oxygen atoms in total. The van der Waals surface area contributed by atoms with Crippen LogP contribution in [0.25, 0.3) is 5.76 Å². The Morgan fingerprint density at radius 1 is 1.14 bits per heavy atom. The molecular formula is C21H17ClFNO5. The summed E-state index contributed by atoms with van der Waals surface area (Å²) >= 11 is 5.86. The summed E-state index contributed by atoms with van der Waals surface area (Å²) in [6.45, 7) is 1.23. The van der Waals surface area contributed by atoms with Crippen molar-refractivity contribution >= 4 is 35.0 Å². The van der Waals surface area contributed by atoms with Gasteiger partial charge in [-0.15, -0.1) is 0 Å². The number of ketones is 1. The molecule has 1 aliphatic rings. The van der Waals surface area contributed by atoms with Gasteiger partial charge in [-0.3, -0.25) is 14.4 Å². The van der Waals surface area contributed by atoms with Crippen molar-refractivity contribution in [1.82, 2.24) is 4.90 Å². The van der Waals surface area contributed by atoms with E-state index in [1.165, 1.54) is 48.5 Å². The predicted molar refractivity (Wildman–Crippen MR) is 103 cm³/mol. The Kier molecular flexibility index (Phi) is 5.98. The lowest BCUT2D eigenvalue weighted by Gasteiger charge is -2.24. The molecule has 1 aliphatic heterocycles. The van der Waals surface area contributed by atoms with Gasteiger partial charge in [0.15, 0.2) is 0 Å². The number of hydrogen-bond donors (Lipinski definition) is 1. The Labute approximate surface area is 171 Å². The van der Waals surface area contributed by atoms with Crippen LogP contribution >= 0.6 is 11.6 Å². The summed E-state index contributed by atoms with van der Waals surface area (Å²) < 4.78 is 18.3. The molecule has 3 rings (SSSR count). The van der Waals surface area contributed by atoms with Crippen LogP contribution in [0.4, 0.5) is 4.39 Å². The zero-order valence-electron chi connectivity index (χ0n) is 15.4. The fraction of sp³-hybridized carbons (Fsp3) is 0.190. The Morgan fingerprint density at radius 3 is 2.34 bits per heavy atom. The van der Waals surface area contributed by atoms with Crippen molar-refractivity contribution in [3.05, 3.63) is 76.1 Å². The van der Waals surface area contributed by atoms with Crippen LogP contribution in [-0.2, 0) is 19.1 Å². The number of esters is 1. The van der Waals surface area contributed by atoms with Crippen molar-refractivity contribution in [2.75, 3.05) is 13.2 Å². The minimum atomic E-state index is -1.07. The molecule has 8 heteroatoms. The third-order valence-corrected chi connectivity index (χ3v) is 4.70. The third-order valence-electron chi connectivity index (χ3n) is 4.45. The van der Waals surface area contributed by atoms with Crippen LogP contribution in [0.1, 0.15) is 24.1 Å². The van der Waals surface area contributed by atoms with E-state index in [2.05, 4.69) is 0 Å². The molecule has 0 unspecified atom stereocenters. The molecule has 2 aromatic carbocycles. The maximum absolute atomic E-state index is 13.4. The molecule has 29 heavy (non-hydrogen) atoms. The number of carbonyl (C=O) groups excluding carboxylic acids is 3. The highest BCUT2D eigenvalue weighted by atomic mass is 35.5. The maximum atomic E-state index is 13.4. The number of Topliss-reactive ketones (excluding diaryl/α,β-unsaturated/α-hetero) is 1. The molecule has 2 aromatic rings. The summed E-state index contributed by atoms with van der Waals surface area (Å²) in [5.74, 6) is -3.53. The number of likely N-dealkylation sites (tertiary alicyclic amines) is 1. The Hall–Kier alpha value is -3.19. The number of benzene rings is 2. The first kappa shape index (κ1) is 20.5. The minimum Gasteiger partial charge on any atom is -0.507 e. The van der Waals surface area contributed by atoms with Crippen LogP contribution in [0, 0.1) is 5.82 Å². The van der Waals surface area contributed by atoms with Crippen molar-refractivity contribution < 1.29 is 28.6 Å². The van der Waals surface area contributed by atoms with Gasteiger partial charge in [-0.1, -0.05) is 23.7 Å². The zero-order chi connectivity index (χ0) is 21.1. The quantitative estimate of drug-likeness (QED) is 0.348. The summed E-state index contributed by atoms with van der Waals surface area (Å²) in [6, 6.07) is 10.1. The normalized spacial score (nSPS) is 18.2. The third kappa shape index (κ3) is 4.14. The van der Waals surface area contributed by atoms with E-state index in [1.807, 2.05) is 0 Å².